The molecule has 7 heteroatoms. The molecule has 0 aliphatic heterocycles. The van der Waals surface area contributed by atoms with Crippen LogP contribution in [0.5, 0.6) is 5.75 Å². The summed E-state index contributed by atoms with van der Waals surface area (Å²) in [6.45, 7) is -0.398. The first-order valence-electron chi connectivity index (χ1n) is 8.49. The molecule has 1 amide bonds. The molecule has 0 fully saturated rings. The van der Waals surface area contributed by atoms with E-state index in [4.69, 9.17) is 4.74 Å². The van der Waals surface area contributed by atoms with Crippen molar-refractivity contribution in [3.8, 4) is 5.75 Å². The molecule has 0 aliphatic rings. The highest BCUT2D eigenvalue weighted by molar-refractivity contribution is 6.13. The zero-order chi connectivity index (χ0) is 19.8. The highest BCUT2D eigenvalue weighted by Crippen LogP contribution is 2.25. The van der Waals surface area contributed by atoms with Gasteiger partial charge in [-0.15, -0.1) is 0 Å². The minimum atomic E-state index is -0.561. The minimum Gasteiger partial charge on any atom is -0.477 e. The van der Waals surface area contributed by atoms with Gasteiger partial charge in [-0.1, -0.05) is 72.8 Å². The van der Waals surface area contributed by atoms with Crippen molar-refractivity contribution in [3.05, 3.63) is 106 Å². The number of nitro groups is 1. The summed E-state index contributed by atoms with van der Waals surface area (Å²) in [5.41, 5.74) is 4.53. The van der Waals surface area contributed by atoms with E-state index in [9.17, 15) is 14.9 Å². The van der Waals surface area contributed by atoms with E-state index < -0.39 is 17.4 Å². The Morgan fingerprint density at radius 1 is 0.893 bits per heavy atom. The molecule has 0 saturated carbocycles. The van der Waals surface area contributed by atoms with Crippen LogP contribution in [-0.4, -0.2) is 23.1 Å². The smallest absolute Gasteiger partial charge is 0.310 e. The van der Waals surface area contributed by atoms with Crippen molar-refractivity contribution in [3.63, 3.8) is 0 Å². The van der Waals surface area contributed by atoms with Gasteiger partial charge in [-0.05, 0) is 6.07 Å². The maximum absolute atomic E-state index is 12.2. The van der Waals surface area contributed by atoms with Crippen LogP contribution in [0.25, 0.3) is 0 Å². The van der Waals surface area contributed by atoms with Crippen LogP contribution >= 0.6 is 0 Å². The number of hydrogen-bond acceptors (Lipinski definition) is 5. The van der Waals surface area contributed by atoms with Crippen molar-refractivity contribution < 1.29 is 14.5 Å². The number of para-hydroxylation sites is 2. The average Bonchev–Trinajstić information content (AvgIpc) is 2.74. The lowest BCUT2D eigenvalue weighted by molar-refractivity contribution is -0.385. The van der Waals surface area contributed by atoms with Gasteiger partial charge in [0.2, 0.25) is 0 Å². The summed E-state index contributed by atoms with van der Waals surface area (Å²) in [4.78, 5) is 22.6. The van der Waals surface area contributed by atoms with E-state index in [0.717, 1.165) is 11.1 Å². The highest BCUT2D eigenvalue weighted by atomic mass is 16.6. The number of nitrogens with one attached hydrogen (secondary N) is 1. The molecule has 0 spiro atoms. The van der Waals surface area contributed by atoms with Crippen LogP contribution in [0.4, 0.5) is 5.69 Å². The first-order valence-corrected chi connectivity index (χ1v) is 8.49. The molecular formula is C21H17N3O4. The first kappa shape index (κ1) is 18.8. The van der Waals surface area contributed by atoms with Gasteiger partial charge >= 0.3 is 5.69 Å². The van der Waals surface area contributed by atoms with Gasteiger partial charge in [-0.2, -0.15) is 5.10 Å². The van der Waals surface area contributed by atoms with Crippen molar-refractivity contribution in [2.45, 2.75) is 0 Å². The Labute approximate surface area is 161 Å². The van der Waals surface area contributed by atoms with E-state index in [1.165, 1.54) is 18.2 Å². The van der Waals surface area contributed by atoms with Crippen LogP contribution in [-0.2, 0) is 4.79 Å². The summed E-state index contributed by atoms with van der Waals surface area (Å²) in [6, 6.07) is 24.8. The van der Waals surface area contributed by atoms with Gasteiger partial charge in [0.05, 0.1) is 10.6 Å². The van der Waals surface area contributed by atoms with Crippen molar-refractivity contribution in [2.75, 3.05) is 6.61 Å². The summed E-state index contributed by atoms with van der Waals surface area (Å²) in [5.74, 6) is -0.500. The van der Waals surface area contributed by atoms with Crippen molar-refractivity contribution >= 4 is 17.3 Å². The van der Waals surface area contributed by atoms with Gasteiger partial charge in [-0.25, -0.2) is 5.43 Å². The molecule has 7 nitrogen and oxygen atoms in total. The lowest BCUT2D eigenvalue weighted by Gasteiger charge is -2.09. The molecule has 0 aliphatic carbocycles. The van der Waals surface area contributed by atoms with Crippen LogP contribution in [0, 0.1) is 10.1 Å². The van der Waals surface area contributed by atoms with Crippen molar-refractivity contribution in [2.24, 2.45) is 5.10 Å². The van der Waals surface area contributed by atoms with E-state index in [-0.39, 0.29) is 11.4 Å². The quantitative estimate of drug-likeness (QED) is 0.388. The number of carbonyl (C=O) groups excluding carboxylic acids is 1. The molecule has 3 aromatic carbocycles. The molecule has 0 bridgehead atoms. The Bertz CT molecular complexity index is 947. The summed E-state index contributed by atoms with van der Waals surface area (Å²) in [5, 5.41) is 15.2. The Kier molecular flexibility index (Phi) is 6.10. The molecule has 0 aromatic heterocycles. The minimum absolute atomic E-state index is 0.0259. The topological polar surface area (TPSA) is 93.8 Å². The predicted molar refractivity (Wildman–Crippen MR) is 105 cm³/mol. The molecule has 0 radical (unpaired) electrons. The zero-order valence-electron chi connectivity index (χ0n) is 14.8. The van der Waals surface area contributed by atoms with Crippen molar-refractivity contribution in [1.82, 2.24) is 5.43 Å². The van der Waals surface area contributed by atoms with Crippen molar-refractivity contribution in [1.29, 1.82) is 0 Å². The molecule has 0 heterocycles. The summed E-state index contributed by atoms with van der Waals surface area (Å²) in [6.07, 6.45) is 0. The monoisotopic (exact) mass is 375 g/mol. The van der Waals surface area contributed by atoms with E-state index >= 15 is 0 Å². The fraction of sp³-hybridized carbons (Fsp3) is 0.0476. The predicted octanol–water partition coefficient (Wildman–Crippen LogP) is 3.54. The van der Waals surface area contributed by atoms with Crippen LogP contribution < -0.4 is 10.2 Å². The van der Waals surface area contributed by atoms with Crippen LogP contribution in [0.1, 0.15) is 11.1 Å². The third-order valence-corrected chi connectivity index (χ3v) is 3.81. The highest BCUT2D eigenvalue weighted by Gasteiger charge is 2.15. The number of ether oxygens (including phenoxy) is 1. The number of benzene rings is 3. The maximum atomic E-state index is 12.2. The second kappa shape index (κ2) is 9.09. The Morgan fingerprint density at radius 2 is 1.43 bits per heavy atom. The van der Waals surface area contributed by atoms with Gasteiger partial charge < -0.3 is 4.74 Å². The van der Waals surface area contributed by atoms with E-state index in [1.807, 2.05) is 60.7 Å². The summed E-state index contributed by atoms with van der Waals surface area (Å²) < 4.78 is 5.28. The second-order valence-electron chi connectivity index (χ2n) is 5.74. The number of hydrogen-bond donors (Lipinski definition) is 1. The Morgan fingerprint density at radius 3 is 2.00 bits per heavy atom. The Hall–Kier alpha value is -4.00. The van der Waals surface area contributed by atoms with Crippen LogP contribution in [0.15, 0.2) is 90.0 Å². The molecule has 140 valence electrons. The molecule has 28 heavy (non-hydrogen) atoms. The van der Waals surface area contributed by atoms with Crippen LogP contribution in [0.2, 0.25) is 0 Å². The fourth-order valence-electron chi connectivity index (χ4n) is 2.51. The van der Waals surface area contributed by atoms with Gasteiger partial charge in [-0.3, -0.25) is 14.9 Å². The van der Waals surface area contributed by atoms with Crippen LogP contribution in [0.3, 0.4) is 0 Å². The molecule has 3 aromatic rings. The number of amides is 1. The number of hydrazone groups is 1. The number of carbonyl (C=O) groups is 1. The van der Waals surface area contributed by atoms with E-state index in [1.54, 1.807) is 6.07 Å². The lowest BCUT2D eigenvalue weighted by atomic mass is 10.0. The van der Waals surface area contributed by atoms with Gasteiger partial charge in [0.1, 0.15) is 0 Å². The molecular weight excluding hydrogens is 358 g/mol. The zero-order valence-corrected chi connectivity index (χ0v) is 14.8. The summed E-state index contributed by atoms with van der Waals surface area (Å²) in [7, 11) is 0. The van der Waals surface area contributed by atoms with Gasteiger partial charge in [0, 0.05) is 17.2 Å². The average molecular weight is 375 g/mol. The van der Waals surface area contributed by atoms with E-state index in [2.05, 4.69) is 10.5 Å². The standard InChI is InChI=1S/C21H17N3O4/c25-20(15-28-19-14-8-7-13-18(19)24(26)27)22-23-21(16-9-3-1-4-10-16)17-11-5-2-6-12-17/h1-14H,15H2,(H,22,25). The number of nitrogens with zero attached hydrogens (tertiary/aromatic N) is 2. The molecule has 3 rings (SSSR count). The largest absolute Gasteiger partial charge is 0.477 e. The lowest BCUT2D eigenvalue weighted by Crippen LogP contribution is -2.26. The summed E-state index contributed by atoms with van der Waals surface area (Å²) >= 11 is 0. The molecule has 0 saturated heterocycles. The SMILES string of the molecule is O=C(COc1ccccc1[N+](=O)[O-])NN=C(c1ccccc1)c1ccccc1. The normalized spacial score (nSPS) is 10.0. The number of nitro benzene ring substituents is 1. The second-order valence-corrected chi connectivity index (χ2v) is 5.74. The Balaban J connectivity index is 1.73. The third kappa shape index (κ3) is 4.79. The molecule has 0 unspecified atom stereocenters. The first-order chi connectivity index (χ1) is 13.6. The van der Waals surface area contributed by atoms with Gasteiger partial charge in [0.15, 0.2) is 12.4 Å². The molecule has 0 atom stereocenters. The number of rotatable bonds is 7. The van der Waals surface area contributed by atoms with E-state index in [0.29, 0.717) is 5.71 Å². The molecule has 1 N–H and O–H groups in total. The maximum Gasteiger partial charge on any atom is 0.310 e. The van der Waals surface area contributed by atoms with Gasteiger partial charge in [0.25, 0.3) is 5.91 Å². The fourth-order valence-corrected chi connectivity index (χ4v) is 2.51. The third-order valence-electron chi connectivity index (χ3n) is 3.81.